The van der Waals surface area contributed by atoms with Crippen LogP contribution in [0.25, 0.3) is 11.7 Å². The minimum Gasteiger partial charge on any atom is -0.458 e. The van der Waals surface area contributed by atoms with Gasteiger partial charge in [-0.2, -0.15) is 0 Å². The summed E-state index contributed by atoms with van der Waals surface area (Å²) in [7, 11) is 0. The topological polar surface area (TPSA) is 89.8 Å². The van der Waals surface area contributed by atoms with E-state index >= 15 is 0 Å². The van der Waals surface area contributed by atoms with Crippen molar-refractivity contribution in [1.82, 2.24) is 14.7 Å². The highest BCUT2D eigenvalue weighted by molar-refractivity contribution is 5.94. The van der Waals surface area contributed by atoms with E-state index in [1.165, 1.54) is 23.5 Å². The van der Waals surface area contributed by atoms with E-state index in [1.807, 2.05) is 43.3 Å². The van der Waals surface area contributed by atoms with Gasteiger partial charge in [0.15, 0.2) is 0 Å². The molecule has 0 saturated carbocycles. The van der Waals surface area contributed by atoms with E-state index in [-0.39, 0.29) is 12.2 Å². The molecule has 7 heteroatoms. The Kier molecular flexibility index (Phi) is 6.19. The van der Waals surface area contributed by atoms with E-state index in [4.69, 9.17) is 4.74 Å². The van der Waals surface area contributed by atoms with E-state index in [0.717, 1.165) is 11.1 Å². The maximum absolute atomic E-state index is 12.2. The number of nitrogens with zero attached hydrogens (tertiary/aromatic N) is 2. The number of nitrogens with one attached hydrogen (secondary N) is 1. The van der Waals surface area contributed by atoms with Crippen molar-refractivity contribution in [3.05, 3.63) is 88.0 Å². The van der Waals surface area contributed by atoms with Gasteiger partial charge in [0.1, 0.15) is 18.3 Å². The summed E-state index contributed by atoms with van der Waals surface area (Å²) < 4.78 is 6.63. The zero-order valence-corrected chi connectivity index (χ0v) is 16.2. The monoisotopic (exact) mass is 391 g/mol. The first kappa shape index (κ1) is 20.0. The number of hydrogen-bond acceptors (Lipinski definition) is 5. The Labute approximate surface area is 167 Å². The van der Waals surface area contributed by atoms with Gasteiger partial charge in [-0.05, 0) is 37.1 Å². The number of pyridine rings is 1. The molecule has 1 atom stereocenters. The van der Waals surface area contributed by atoms with Crippen molar-refractivity contribution in [1.29, 1.82) is 0 Å². The number of aryl methyl sites for hydroxylation is 1. The Hall–Kier alpha value is -3.74. The molecule has 0 unspecified atom stereocenters. The van der Waals surface area contributed by atoms with Crippen LogP contribution in [0, 0.1) is 6.92 Å². The molecule has 0 spiro atoms. The van der Waals surface area contributed by atoms with Crippen LogP contribution in [0.5, 0.6) is 0 Å². The minimum atomic E-state index is -0.841. The van der Waals surface area contributed by atoms with Crippen molar-refractivity contribution < 1.29 is 14.3 Å². The average Bonchev–Trinajstić information content (AvgIpc) is 2.71. The number of carbonyl (C=O) groups is 2. The average molecular weight is 391 g/mol. The predicted molar refractivity (Wildman–Crippen MR) is 109 cm³/mol. The molecule has 0 radical (unpaired) electrons. The van der Waals surface area contributed by atoms with Gasteiger partial charge in [-0.1, -0.05) is 36.4 Å². The summed E-state index contributed by atoms with van der Waals surface area (Å²) in [5.41, 5.74) is 2.38. The van der Waals surface area contributed by atoms with E-state index in [0.29, 0.717) is 11.3 Å². The molecule has 7 nitrogen and oxygen atoms in total. The molecule has 1 amide bonds. The van der Waals surface area contributed by atoms with Crippen LogP contribution in [-0.2, 0) is 20.9 Å². The van der Waals surface area contributed by atoms with Crippen LogP contribution >= 0.6 is 0 Å². The normalized spacial score (nSPS) is 12.1. The molecule has 0 aliphatic rings. The fourth-order valence-electron chi connectivity index (χ4n) is 2.66. The van der Waals surface area contributed by atoms with Crippen molar-refractivity contribution in [3.8, 4) is 0 Å². The Balaban J connectivity index is 1.56. The Bertz CT molecular complexity index is 1120. The van der Waals surface area contributed by atoms with Gasteiger partial charge in [0.05, 0.1) is 5.69 Å². The lowest BCUT2D eigenvalue weighted by molar-refractivity contribution is -0.148. The molecule has 0 saturated heterocycles. The van der Waals surface area contributed by atoms with Gasteiger partial charge in [0.2, 0.25) is 5.91 Å². The summed E-state index contributed by atoms with van der Waals surface area (Å²) in [6.07, 6.45) is 4.70. The number of rotatable bonds is 6. The number of amides is 1. The number of hydrogen-bond donors (Lipinski definition) is 1. The van der Waals surface area contributed by atoms with Crippen LogP contribution < -0.4 is 10.9 Å². The summed E-state index contributed by atoms with van der Waals surface area (Å²) >= 11 is 0. The zero-order valence-electron chi connectivity index (χ0n) is 16.2. The first-order valence-corrected chi connectivity index (χ1v) is 9.11. The summed E-state index contributed by atoms with van der Waals surface area (Å²) in [5.74, 6) is -1.02. The molecule has 3 aromatic rings. The maximum Gasteiger partial charge on any atom is 0.328 e. The number of esters is 1. The number of benzene rings is 1. The Morgan fingerprint density at radius 3 is 2.72 bits per heavy atom. The van der Waals surface area contributed by atoms with Crippen molar-refractivity contribution in [2.24, 2.45) is 0 Å². The lowest BCUT2D eigenvalue weighted by Crippen LogP contribution is -2.38. The van der Waals surface area contributed by atoms with Crippen molar-refractivity contribution in [2.45, 2.75) is 26.5 Å². The molecular weight excluding hydrogens is 370 g/mol. The van der Waals surface area contributed by atoms with Gasteiger partial charge in [0, 0.05) is 18.3 Å². The second kappa shape index (κ2) is 8.97. The molecule has 148 valence electrons. The fourth-order valence-corrected chi connectivity index (χ4v) is 2.66. The first-order valence-electron chi connectivity index (χ1n) is 9.11. The van der Waals surface area contributed by atoms with Crippen LogP contribution in [0.2, 0.25) is 0 Å². The van der Waals surface area contributed by atoms with Crippen LogP contribution in [0.15, 0.2) is 65.6 Å². The minimum absolute atomic E-state index is 0.154. The highest BCUT2D eigenvalue weighted by atomic mass is 16.5. The second-order valence-corrected chi connectivity index (χ2v) is 6.60. The fraction of sp³-hybridized carbons (Fsp3) is 0.182. The lowest BCUT2D eigenvalue weighted by atomic mass is 10.2. The number of ether oxygens (including phenoxy) is 1. The third kappa shape index (κ3) is 5.38. The second-order valence-electron chi connectivity index (χ2n) is 6.60. The summed E-state index contributed by atoms with van der Waals surface area (Å²) in [6, 6.07) is 13.4. The molecule has 1 aromatic carbocycles. The molecule has 0 aliphatic heterocycles. The lowest BCUT2D eigenvalue weighted by Gasteiger charge is -2.12. The molecule has 3 rings (SSSR count). The van der Waals surface area contributed by atoms with Gasteiger partial charge < -0.3 is 10.1 Å². The molecular formula is C22H21N3O4. The van der Waals surface area contributed by atoms with E-state index in [9.17, 15) is 14.4 Å². The first-order chi connectivity index (χ1) is 13.9. The smallest absolute Gasteiger partial charge is 0.328 e. The SMILES string of the molecule is Cc1ccc2nc(COC(=O)[C@H](C)NC(=O)/C=C/c3ccccc3)cc(=O)n2c1. The quantitative estimate of drug-likeness (QED) is 0.514. The largest absolute Gasteiger partial charge is 0.458 e. The number of fused-ring (bicyclic) bond motifs is 1. The van der Waals surface area contributed by atoms with Crippen LogP contribution in [0.4, 0.5) is 0 Å². The van der Waals surface area contributed by atoms with E-state index in [1.54, 1.807) is 18.3 Å². The number of aromatic nitrogens is 2. The third-order valence-electron chi connectivity index (χ3n) is 4.16. The van der Waals surface area contributed by atoms with Gasteiger partial charge in [-0.3, -0.25) is 14.0 Å². The van der Waals surface area contributed by atoms with Crippen LogP contribution in [0.3, 0.4) is 0 Å². The van der Waals surface area contributed by atoms with Crippen LogP contribution in [-0.4, -0.2) is 27.3 Å². The van der Waals surface area contributed by atoms with Gasteiger partial charge in [-0.25, -0.2) is 9.78 Å². The zero-order chi connectivity index (χ0) is 20.8. The molecule has 29 heavy (non-hydrogen) atoms. The summed E-state index contributed by atoms with van der Waals surface area (Å²) in [4.78, 5) is 40.6. The van der Waals surface area contributed by atoms with Crippen molar-refractivity contribution in [2.75, 3.05) is 0 Å². The molecule has 1 N–H and O–H groups in total. The maximum atomic E-state index is 12.2. The molecule has 0 fully saturated rings. The van der Waals surface area contributed by atoms with Gasteiger partial charge in [-0.15, -0.1) is 0 Å². The molecule has 2 heterocycles. The van der Waals surface area contributed by atoms with Gasteiger partial charge >= 0.3 is 5.97 Å². The standard InChI is InChI=1S/C22H21N3O4/c1-15-8-10-19-24-18(12-21(27)25(19)13-15)14-29-22(28)16(2)23-20(26)11-9-17-6-4-3-5-7-17/h3-13,16H,14H2,1-2H3,(H,23,26)/b11-9+/t16-/m0/s1. The van der Waals surface area contributed by atoms with Crippen LogP contribution in [0.1, 0.15) is 23.7 Å². The molecule has 0 aliphatic carbocycles. The highest BCUT2D eigenvalue weighted by Crippen LogP contribution is 2.04. The predicted octanol–water partition coefficient (Wildman–Crippen LogP) is 2.26. The Morgan fingerprint density at radius 1 is 1.21 bits per heavy atom. The van der Waals surface area contributed by atoms with E-state index < -0.39 is 17.9 Å². The summed E-state index contributed by atoms with van der Waals surface area (Å²) in [5, 5.41) is 2.55. The van der Waals surface area contributed by atoms with Crippen molar-refractivity contribution >= 4 is 23.6 Å². The summed E-state index contributed by atoms with van der Waals surface area (Å²) in [6.45, 7) is 3.26. The van der Waals surface area contributed by atoms with E-state index in [2.05, 4.69) is 10.3 Å². The highest BCUT2D eigenvalue weighted by Gasteiger charge is 2.16. The third-order valence-corrected chi connectivity index (χ3v) is 4.16. The molecule has 2 aromatic heterocycles. The Morgan fingerprint density at radius 2 is 1.97 bits per heavy atom. The number of carbonyl (C=O) groups excluding carboxylic acids is 2. The van der Waals surface area contributed by atoms with Gasteiger partial charge in [0.25, 0.3) is 5.56 Å². The molecule has 0 bridgehead atoms. The van der Waals surface area contributed by atoms with Crippen molar-refractivity contribution in [3.63, 3.8) is 0 Å².